The van der Waals surface area contributed by atoms with Gasteiger partial charge in [-0.15, -0.1) is 0 Å². The number of hydrogen-bond donors (Lipinski definition) is 2. The van der Waals surface area contributed by atoms with Gasteiger partial charge < -0.3 is 10.6 Å². The van der Waals surface area contributed by atoms with Gasteiger partial charge in [-0.3, -0.25) is 9.48 Å². The van der Waals surface area contributed by atoms with Crippen LogP contribution in [0.3, 0.4) is 0 Å². The molecule has 0 aliphatic rings. The van der Waals surface area contributed by atoms with Gasteiger partial charge in [-0.05, 0) is 26.3 Å². The molecule has 96 valence electrons. The minimum atomic E-state index is -0.162. The lowest BCUT2D eigenvalue weighted by atomic mass is 10.0. The molecule has 1 unspecified atom stereocenters. The average molecular weight is 238 g/mol. The SMILES string of the molecule is CNC(CC(C)C)C(=O)Nc1cc(C)nn1C. The Morgan fingerprint density at radius 3 is 2.59 bits per heavy atom. The number of nitrogens with one attached hydrogen (secondary N) is 2. The van der Waals surface area contributed by atoms with Crippen molar-refractivity contribution in [3.63, 3.8) is 0 Å². The van der Waals surface area contributed by atoms with Crippen LogP contribution in [0.5, 0.6) is 0 Å². The second-order valence-electron chi connectivity index (χ2n) is 4.75. The van der Waals surface area contributed by atoms with E-state index >= 15 is 0 Å². The molecule has 1 atom stereocenters. The molecule has 0 aromatic carbocycles. The Morgan fingerprint density at radius 2 is 2.18 bits per heavy atom. The first-order valence-corrected chi connectivity index (χ1v) is 5.92. The topological polar surface area (TPSA) is 59.0 Å². The lowest BCUT2D eigenvalue weighted by Gasteiger charge is -2.17. The summed E-state index contributed by atoms with van der Waals surface area (Å²) in [4.78, 5) is 12.0. The van der Waals surface area contributed by atoms with E-state index in [9.17, 15) is 4.79 Å². The first-order chi connectivity index (χ1) is 7.93. The number of nitrogens with zero attached hydrogens (tertiary/aromatic N) is 2. The lowest BCUT2D eigenvalue weighted by Crippen LogP contribution is -2.39. The first kappa shape index (κ1) is 13.7. The van der Waals surface area contributed by atoms with Crippen LogP contribution in [0, 0.1) is 12.8 Å². The number of aryl methyl sites for hydroxylation is 2. The Bertz CT molecular complexity index is 384. The zero-order chi connectivity index (χ0) is 13.0. The molecule has 0 saturated heterocycles. The highest BCUT2D eigenvalue weighted by atomic mass is 16.2. The van der Waals surface area contributed by atoms with Crippen molar-refractivity contribution < 1.29 is 4.79 Å². The fourth-order valence-electron chi connectivity index (χ4n) is 1.77. The highest BCUT2D eigenvalue weighted by Crippen LogP contribution is 2.11. The number of anilines is 1. The Hall–Kier alpha value is -1.36. The Morgan fingerprint density at radius 1 is 1.53 bits per heavy atom. The van der Waals surface area contributed by atoms with Crippen molar-refractivity contribution in [1.29, 1.82) is 0 Å². The van der Waals surface area contributed by atoms with E-state index in [1.54, 1.807) is 11.7 Å². The normalized spacial score (nSPS) is 12.8. The van der Waals surface area contributed by atoms with Crippen LogP contribution < -0.4 is 10.6 Å². The van der Waals surface area contributed by atoms with E-state index in [-0.39, 0.29) is 11.9 Å². The van der Waals surface area contributed by atoms with Crippen LogP contribution in [0.1, 0.15) is 26.0 Å². The molecule has 5 nitrogen and oxygen atoms in total. The van der Waals surface area contributed by atoms with E-state index < -0.39 is 0 Å². The summed E-state index contributed by atoms with van der Waals surface area (Å²) in [5.41, 5.74) is 0.896. The number of hydrogen-bond acceptors (Lipinski definition) is 3. The third kappa shape index (κ3) is 3.85. The standard InChI is InChI=1S/C12H22N4O/c1-8(2)6-10(13-4)12(17)14-11-7-9(3)15-16(11)5/h7-8,10,13H,6H2,1-5H3,(H,14,17). The van der Waals surface area contributed by atoms with E-state index in [0.29, 0.717) is 5.92 Å². The van der Waals surface area contributed by atoms with Gasteiger partial charge in [0.05, 0.1) is 11.7 Å². The van der Waals surface area contributed by atoms with Crippen LogP contribution in [0.15, 0.2) is 6.07 Å². The summed E-state index contributed by atoms with van der Waals surface area (Å²) in [6.07, 6.45) is 0.819. The van der Waals surface area contributed by atoms with Gasteiger partial charge in [0.25, 0.3) is 0 Å². The van der Waals surface area contributed by atoms with Gasteiger partial charge in [-0.25, -0.2) is 0 Å². The smallest absolute Gasteiger partial charge is 0.242 e. The van der Waals surface area contributed by atoms with Crippen LogP contribution in [-0.2, 0) is 11.8 Å². The molecule has 0 aliphatic heterocycles. The molecule has 0 bridgehead atoms. The Balaban J connectivity index is 2.67. The fourth-order valence-corrected chi connectivity index (χ4v) is 1.77. The minimum absolute atomic E-state index is 0.01000. The average Bonchev–Trinajstić information content (AvgIpc) is 2.53. The minimum Gasteiger partial charge on any atom is -0.310 e. The lowest BCUT2D eigenvalue weighted by molar-refractivity contribution is -0.118. The van der Waals surface area contributed by atoms with Gasteiger partial charge in [0.15, 0.2) is 0 Å². The molecule has 1 aromatic heterocycles. The molecule has 1 aromatic rings. The summed E-state index contributed by atoms with van der Waals surface area (Å²) in [5, 5.41) is 10.1. The van der Waals surface area contributed by atoms with Crippen molar-refractivity contribution in [2.24, 2.45) is 13.0 Å². The van der Waals surface area contributed by atoms with E-state index in [0.717, 1.165) is 17.9 Å². The molecular formula is C12H22N4O. The first-order valence-electron chi connectivity index (χ1n) is 5.92. The van der Waals surface area contributed by atoms with Crippen molar-refractivity contribution in [2.75, 3.05) is 12.4 Å². The maximum atomic E-state index is 12.0. The van der Waals surface area contributed by atoms with Crippen molar-refractivity contribution in [3.05, 3.63) is 11.8 Å². The van der Waals surface area contributed by atoms with Crippen LogP contribution in [0.25, 0.3) is 0 Å². The van der Waals surface area contributed by atoms with Gasteiger partial charge in [0, 0.05) is 13.1 Å². The molecule has 0 radical (unpaired) electrons. The number of carbonyl (C=O) groups excluding carboxylic acids is 1. The van der Waals surface area contributed by atoms with Gasteiger partial charge in [-0.2, -0.15) is 5.10 Å². The van der Waals surface area contributed by atoms with Crippen molar-refractivity contribution in [3.8, 4) is 0 Å². The summed E-state index contributed by atoms with van der Waals surface area (Å²) >= 11 is 0. The third-order valence-corrected chi connectivity index (χ3v) is 2.63. The Kier molecular flexibility index (Phi) is 4.69. The molecule has 0 aliphatic carbocycles. The number of rotatable bonds is 5. The van der Waals surface area contributed by atoms with Gasteiger partial charge in [0.2, 0.25) is 5.91 Å². The Labute approximate surface area is 103 Å². The molecular weight excluding hydrogens is 216 g/mol. The summed E-state index contributed by atoms with van der Waals surface area (Å²) in [5.74, 6) is 1.20. The molecule has 0 saturated carbocycles. The summed E-state index contributed by atoms with van der Waals surface area (Å²) in [6, 6.07) is 1.70. The van der Waals surface area contributed by atoms with Crippen LogP contribution in [0.4, 0.5) is 5.82 Å². The fraction of sp³-hybridized carbons (Fsp3) is 0.667. The molecule has 1 rings (SSSR count). The predicted octanol–water partition coefficient (Wildman–Crippen LogP) is 1.30. The highest BCUT2D eigenvalue weighted by molar-refractivity contribution is 5.94. The molecule has 5 heteroatoms. The second-order valence-corrected chi connectivity index (χ2v) is 4.75. The molecule has 0 spiro atoms. The highest BCUT2D eigenvalue weighted by Gasteiger charge is 2.18. The van der Waals surface area contributed by atoms with Gasteiger partial charge in [-0.1, -0.05) is 13.8 Å². The summed E-state index contributed by atoms with van der Waals surface area (Å²) < 4.78 is 1.68. The van der Waals surface area contributed by atoms with Gasteiger partial charge in [0.1, 0.15) is 5.82 Å². The third-order valence-electron chi connectivity index (χ3n) is 2.63. The predicted molar refractivity (Wildman–Crippen MR) is 68.9 cm³/mol. The molecule has 0 fully saturated rings. The number of aromatic nitrogens is 2. The molecule has 2 N–H and O–H groups in total. The number of likely N-dealkylation sites (N-methyl/N-ethyl adjacent to an activating group) is 1. The summed E-state index contributed by atoms with van der Waals surface area (Å²) in [7, 11) is 3.63. The number of amides is 1. The van der Waals surface area contributed by atoms with E-state index in [1.807, 2.05) is 20.0 Å². The maximum absolute atomic E-state index is 12.0. The van der Waals surface area contributed by atoms with Crippen LogP contribution in [-0.4, -0.2) is 28.8 Å². The van der Waals surface area contributed by atoms with E-state index in [2.05, 4.69) is 29.6 Å². The zero-order valence-electron chi connectivity index (χ0n) is 11.2. The largest absolute Gasteiger partial charge is 0.310 e. The van der Waals surface area contributed by atoms with E-state index in [4.69, 9.17) is 0 Å². The number of carbonyl (C=O) groups is 1. The molecule has 17 heavy (non-hydrogen) atoms. The molecule has 1 amide bonds. The van der Waals surface area contributed by atoms with E-state index in [1.165, 1.54) is 0 Å². The van der Waals surface area contributed by atoms with Gasteiger partial charge >= 0.3 is 0 Å². The molecule has 1 heterocycles. The quantitative estimate of drug-likeness (QED) is 0.813. The zero-order valence-corrected chi connectivity index (χ0v) is 11.2. The monoisotopic (exact) mass is 238 g/mol. The summed E-state index contributed by atoms with van der Waals surface area (Å²) in [6.45, 7) is 6.11. The van der Waals surface area contributed by atoms with Crippen LogP contribution in [0.2, 0.25) is 0 Å². The van der Waals surface area contributed by atoms with Crippen LogP contribution >= 0.6 is 0 Å². The second kappa shape index (κ2) is 5.82. The van der Waals surface area contributed by atoms with Crippen molar-refractivity contribution in [2.45, 2.75) is 33.2 Å². The van der Waals surface area contributed by atoms with Crippen molar-refractivity contribution >= 4 is 11.7 Å². The van der Waals surface area contributed by atoms with Crippen molar-refractivity contribution in [1.82, 2.24) is 15.1 Å². The maximum Gasteiger partial charge on any atom is 0.242 e.